The monoisotopic (exact) mass is 373 g/mol. The Morgan fingerprint density at radius 2 is 1.70 bits per heavy atom. The third-order valence-corrected chi connectivity index (χ3v) is 4.37. The van der Waals surface area contributed by atoms with Crippen molar-refractivity contribution in [1.82, 2.24) is 5.32 Å². The number of methoxy groups -OCH3 is 3. The van der Waals surface area contributed by atoms with Crippen molar-refractivity contribution in [2.24, 2.45) is 0 Å². The Labute approximate surface area is 158 Å². The maximum atomic E-state index is 12.7. The van der Waals surface area contributed by atoms with Gasteiger partial charge in [0.25, 0.3) is 5.91 Å². The molecule has 7 heteroatoms. The second-order valence-electron chi connectivity index (χ2n) is 6.09. The number of amides is 1. The second kappa shape index (κ2) is 8.07. The first kappa shape index (κ1) is 18.7. The molecule has 0 radical (unpaired) electrons. The summed E-state index contributed by atoms with van der Waals surface area (Å²) in [6.45, 7) is 2.23. The fourth-order valence-electron chi connectivity index (χ4n) is 2.88. The van der Waals surface area contributed by atoms with E-state index >= 15 is 0 Å². The van der Waals surface area contributed by atoms with Crippen LogP contribution in [-0.2, 0) is 0 Å². The van der Waals surface area contributed by atoms with E-state index < -0.39 is 0 Å². The van der Waals surface area contributed by atoms with Gasteiger partial charge in [0.05, 0.1) is 27.4 Å². The van der Waals surface area contributed by atoms with Gasteiger partial charge in [0.1, 0.15) is 6.61 Å². The number of hydrogen-bond donors (Lipinski definition) is 1. The first-order chi connectivity index (χ1) is 13.1. The van der Waals surface area contributed by atoms with Crippen molar-refractivity contribution < 1.29 is 28.5 Å². The van der Waals surface area contributed by atoms with Crippen LogP contribution in [-0.4, -0.2) is 46.0 Å². The summed E-state index contributed by atoms with van der Waals surface area (Å²) in [6.07, 6.45) is -0.300. The number of benzene rings is 2. The molecule has 144 valence electrons. The number of nitrogens with one attached hydrogen (secondary N) is 1. The zero-order valence-corrected chi connectivity index (χ0v) is 15.8. The number of hydrogen-bond acceptors (Lipinski definition) is 6. The van der Waals surface area contributed by atoms with E-state index in [2.05, 4.69) is 5.32 Å². The van der Waals surface area contributed by atoms with E-state index in [1.807, 2.05) is 31.2 Å². The van der Waals surface area contributed by atoms with E-state index in [0.717, 1.165) is 0 Å². The summed E-state index contributed by atoms with van der Waals surface area (Å²) in [5.41, 5.74) is 0.397. The number of fused-ring (bicyclic) bond motifs is 1. The highest BCUT2D eigenvalue weighted by molar-refractivity contribution is 5.95. The van der Waals surface area contributed by atoms with Crippen LogP contribution >= 0.6 is 0 Å². The highest BCUT2D eigenvalue weighted by Crippen LogP contribution is 2.38. The molecule has 1 aliphatic heterocycles. The van der Waals surface area contributed by atoms with E-state index in [9.17, 15) is 4.79 Å². The quantitative estimate of drug-likeness (QED) is 0.839. The second-order valence-corrected chi connectivity index (χ2v) is 6.09. The largest absolute Gasteiger partial charge is 0.493 e. The molecule has 3 rings (SSSR count). The third-order valence-electron chi connectivity index (χ3n) is 4.37. The van der Waals surface area contributed by atoms with Crippen LogP contribution in [0.4, 0.5) is 0 Å². The Kier molecular flexibility index (Phi) is 5.59. The number of rotatable bonds is 6. The van der Waals surface area contributed by atoms with E-state index in [4.69, 9.17) is 23.7 Å². The third kappa shape index (κ3) is 3.86. The fourth-order valence-corrected chi connectivity index (χ4v) is 2.88. The lowest BCUT2D eigenvalue weighted by molar-refractivity contribution is 0.0606. The lowest BCUT2D eigenvalue weighted by Crippen LogP contribution is -2.48. The van der Waals surface area contributed by atoms with Crippen LogP contribution in [0.1, 0.15) is 17.3 Å². The molecule has 0 fully saturated rings. The Morgan fingerprint density at radius 1 is 1.07 bits per heavy atom. The maximum Gasteiger partial charge on any atom is 0.251 e. The molecular weight excluding hydrogens is 350 g/mol. The summed E-state index contributed by atoms with van der Waals surface area (Å²) >= 11 is 0. The molecule has 1 N–H and O–H groups in total. The zero-order valence-electron chi connectivity index (χ0n) is 15.8. The van der Waals surface area contributed by atoms with Crippen LogP contribution in [0, 0.1) is 0 Å². The molecule has 2 atom stereocenters. The molecule has 1 amide bonds. The standard InChI is InChI=1S/C20H23NO6/c1-12(18-11-26-14-7-5-6-8-15(14)27-18)21-20(22)13-9-16(23-2)19(25-4)17(10-13)24-3/h5-10,12,18H,11H2,1-4H3,(H,21,22)/t12-,18-/m1/s1. The predicted molar refractivity (Wildman–Crippen MR) is 99.4 cm³/mol. The van der Waals surface area contributed by atoms with Gasteiger partial charge in [-0.15, -0.1) is 0 Å². The van der Waals surface area contributed by atoms with Gasteiger partial charge in [-0.25, -0.2) is 0 Å². The van der Waals surface area contributed by atoms with Gasteiger partial charge in [-0.2, -0.15) is 0 Å². The zero-order chi connectivity index (χ0) is 19.4. The van der Waals surface area contributed by atoms with Crippen molar-refractivity contribution >= 4 is 5.91 Å². The Morgan fingerprint density at radius 3 is 2.30 bits per heavy atom. The smallest absolute Gasteiger partial charge is 0.251 e. The fraction of sp³-hybridized carbons (Fsp3) is 0.350. The Balaban J connectivity index is 1.73. The minimum absolute atomic E-state index is 0.273. The molecule has 0 aliphatic carbocycles. The summed E-state index contributed by atoms with van der Waals surface area (Å²) in [5, 5.41) is 2.94. The molecule has 0 bridgehead atoms. The van der Waals surface area contributed by atoms with Crippen LogP contribution in [0.5, 0.6) is 28.7 Å². The van der Waals surface area contributed by atoms with E-state index in [-0.39, 0.29) is 18.1 Å². The van der Waals surface area contributed by atoms with Crippen LogP contribution in [0.2, 0.25) is 0 Å². The highest BCUT2D eigenvalue weighted by Gasteiger charge is 2.28. The number of para-hydroxylation sites is 2. The lowest BCUT2D eigenvalue weighted by Gasteiger charge is -2.30. The summed E-state index contributed by atoms with van der Waals surface area (Å²) < 4.78 is 27.5. The number of carbonyl (C=O) groups excluding carboxylic acids is 1. The van der Waals surface area contributed by atoms with Crippen molar-refractivity contribution in [2.45, 2.75) is 19.1 Å². The molecule has 1 heterocycles. The molecule has 0 aromatic heterocycles. The van der Waals surface area contributed by atoms with Crippen LogP contribution in [0.3, 0.4) is 0 Å². The highest BCUT2D eigenvalue weighted by atomic mass is 16.6. The molecule has 27 heavy (non-hydrogen) atoms. The molecule has 2 aromatic carbocycles. The molecule has 0 saturated heterocycles. The van der Waals surface area contributed by atoms with E-state index in [1.165, 1.54) is 21.3 Å². The van der Waals surface area contributed by atoms with Crippen molar-refractivity contribution in [3.05, 3.63) is 42.0 Å². The summed E-state index contributed by atoms with van der Waals surface area (Å²) in [6, 6.07) is 10.4. The van der Waals surface area contributed by atoms with Gasteiger partial charge in [0.2, 0.25) is 5.75 Å². The SMILES string of the molecule is COc1cc(C(=O)N[C@H](C)[C@H]2COc3ccccc3O2)cc(OC)c1OC. The molecule has 0 saturated carbocycles. The molecule has 0 spiro atoms. The summed E-state index contributed by atoms with van der Waals surface area (Å²) in [5.74, 6) is 2.37. The minimum atomic E-state index is -0.300. The first-order valence-corrected chi connectivity index (χ1v) is 8.56. The molecule has 7 nitrogen and oxygen atoms in total. The van der Waals surface area contributed by atoms with Crippen LogP contribution in [0.15, 0.2) is 36.4 Å². The molecule has 1 aliphatic rings. The van der Waals surface area contributed by atoms with E-state index in [1.54, 1.807) is 12.1 Å². The average Bonchev–Trinajstić information content (AvgIpc) is 2.71. The van der Waals surface area contributed by atoms with Gasteiger partial charge in [-0.05, 0) is 31.2 Å². The van der Waals surface area contributed by atoms with Crippen LogP contribution in [0.25, 0.3) is 0 Å². The van der Waals surface area contributed by atoms with Crippen molar-refractivity contribution in [3.8, 4) is 28.7 Å². The van der Waals surface area contributed by atoms with Crippen molar-refractivity contribution in [2.75, 3.05) is 27.9 Å². The Hall–Kier alpha value is -3.09. The van der Waals surface area contributed by atoms with Gasteiger partial charge >= 0.3 is 0 Å². The number of ether oxygens (including phenoxy) is 5. The van der Waals surface area contributed by atoms with Crippen molar-refractivity contribution in [1.29, 1.82) is 0 Å². The molecule has 2 aromatic rings. The van der Waals surface area contributed by atoms with Gasteiger partial charge in [-0.3, -0.25) is 4.79 Å². The van der Waals surface area contributed by atoms with Gasteiger partial charge in [-0.1, -0.05) is 12.1 Å². The van der Waals surface area contributed by atoms with E-state index in [0.29, 0.717) is 40.9 Å². The normalized spacial score (nSPS) is 16.2. The Bertz CT molecular complexity index is 797. The van der Waals surface area contributed by atoms with Gasteiger partial charge in [0.15, 0.2) is 29.1 Å². The summed E-state index contributed by atoms with van der Waals surface area (Å²) in [4.78, 5) is 12.7. The van der Waals surface area contributed by atoms with Crippen molar-refractivity contribution in [3.63, 3.8) is 0 Å². The summed E-state index contributed by atoms with van der Waals surface area (Å²) in [7, 11) is 4.53. The minimum Gasteiger partial charge on any atom is -0.493 e. The topological polar surface area (TPSA) is 75.3 Å². The predicted octanol–water partition coefficient (Wildman–Crippen LogP) is 2.67. The number of carbonyl (C=O) groups is 1. The van der Waals surface area contributed by atoms with Crippen LogP contribution < -0.4 is 29.0 Å². The van der Waals surface area contributed by atoms with Gasteiger partial charge in [0, 0.05) is 5.56 Å². The average molecular weight is 373 g/mol. The molecular formula is C20H23NO6. The van der Waals surface area contributed by atoms with Gasteiger partial charge < -0.3 is 29.0 Å². The first-order valence-electron chi connectivity index (χ1n) is 8.56. The maximum absolute atomic E-state index is 12.7. The lowest BCUT2D eigenvalue weighted by atomic mass is 10.1. The molecule has 0 unspecified atom stereocenters.